The lowest BCUT2D eigenvalue weighted by molar-refractivity contribution is 0.0604. The number of fused-ring (bicyclic) bond motifs is 2. The fourth-order valence-electron chi connectivity index (χ4n) is 3.65. The van der Waals surface area contributed by atoms with Crippen LogP contribution in [0.2, 0.25) is 0 Å². The van der Waals surface area contributed by atoms with Gasteiger partial charge in [0.2, 0.25) is 0 Å². The van der Waals surface area contributed by atoms with Gasteiger partial charge in [0.05, 0.1) is 29.6 Å². The van der Waals surface area contributed by atoms with Crippen molar-refractivity contribution in [1.29, 1.82) is 0 Å². The van der Waals surface area contributed by atoms with Crippen molar-refractivity contribution in [2.24, 2.45) is 0 Å². The van der Waals surface area contributed by atoms with Gasteiger partial charge in [-0.1, -0.05) is 66.4 Å². The average molecular weight is 357 g/mol. The molecule has 4 aromatic rings. The third-order valence-electron chi connectivity index (χ3n) is 4.72. The van der Waals surface area contributed by atoms with Gasteiger partial charge in [-0.2, -0.15) is 0 Å². The molecule has 0 radical (unpaired) electrons. The van der Waals surface area contributed by atoms with E-state index in [9.17, 15) is 4.79 Å². The average Bonchev–Trinajstić information content (AvgIpc) is 3.05. The fraction of sp³-hybridized carbons (Fsp3) is 0.0455. The molecule has 0 unspecified atom stereocenters. The van der Waals surface area contributed by atoms with Crippen molar-refractivity contribution in [2.75, 3.05) is 7.11 Å². The van der Waals surface area contributed by atoms with Crippen molar-refractivity contribution in [3.8, 4) is 16.9 Å². The van der Waals surface area contributed by atoms with E-state index in [1.54, 1.807) is 11.8 Å². The molecule has 26 heavy (non-hydrogen) atoms. The zero-order valence-electron chi connectivity index (χ0n) is 14.1. The highest BCUT2D eigenvalue weighted by atomic mass is 32.2. The van der Waals surface area contributed by atoms with Crippen LogP contribution in [0.15, 0.2) is 82.6 Å². The second-order valence-electron chi connectivity index (χ2n) is 6.14. The highest BCUT2D eigenvalue weighted by Crippen LogP contribution is 2.48. The van der Waals surface area contributed by atoms with Crippen molar-refractivity contribution in [2.45, 2.75) is 9.79 Å². The van der Waals surface area contributed by atoms with Crippen LogP contribution in [-0.4, -0.2) is 17.6 Å². The standard InChI is InChI=1S/C22H15NO2S/c1-25-22(24)19-15-10-7-13-18-21(15)23(16-11-5-6-12-17(16)26-18)20(19)14-8-3-2-4-9-14/h2-13H,1H3. The van der Waals surface area contributed by atoms with E-state index in [-0.39, 0.29) is 5.97 Å². The van der Waals surface area contributed by atoms with Gasteiger partial charge in [-0.15, -0.1) is 0 Å². The van der Waals surface area contributed by atoms with Crippen molar-refractivity contribution in [1.82, 2.24) is 4.57 Å². The monoisotopic (exact) mass is 357 g/mol. The maximum atomic E-state index is 12.8. The summed E-state index contributed by atoms with van der Waals surface area (Å²) in [6.45, 7) is 0. The molecular weight excluding hydrogens is 342 g/mol. The summed E-state index contributed by atoms with van der Waals surface area (Å²) in [7, 11) is 1.44. The van der Waals surface area contributed by atoms with Gasteiger partial charge in [-0.05, 0) is 23.8 Å². The molecule has 126 valence electrons. The Labute approximate surface area is 155 Å². The summed E-state index contributed by atoms with van der Waals surface area (Å²) in [5.41, 5.74) is 4.66. The largest absolute Gasteiger partial charge is 0.465 e. The number of esters is 1. The lowest BCUT2D eigenvalue weighted by Gasteiger charge is -2.21. The Morgan fingerprint density at radius 2 is 1.62 bits per heavy atom. The highest BCUT2D eigenvalue weighted by Gasteiger charge is 2.29. The smallest absolute Gasteiger partial charge is 0.340 e. The van der Waals surface area contributed by atoms with E-state index in [1.165, 1.54) is 12.0 Å². The van der Waals surface area contributed by atoms with E-state index in [1.807, 2.05) is 54.6 Å². The normalized spacial score (nSPS) is 12.0. The van der Waals surface area contributed by atoms with Gasteiger partial charge in [0.25, 0.3) is 0 Å². The molecule has 1 aliphatic rings. The van der Waals surface area contributed by atoms with Crippen LogP contribution in [0, 0.1) is 0 Å². The number of para-hydroxylation sites is 2. The SMILES string of the molecule is COC(=O)c1c(-c2ccccc2)n2c3c(cccc13)Sc1ccccc1-2. The molecule has 4 heteroatoms. The summed E-state index contributed by atoms with van der Waals surface area (Å²) in [5, 5.41) is 0.926. The molecule has 5 rings (SSSR count). The molecule has 0 saturated heterocycles. The van der Waals surface area contributed by atoms with Gasteiger partial charge in [0.1, 0.15) is 0 Å². The number of methoxy groups -OCH3 is 1. The number of hydrogen-bond donors (Lipinski definition) is 0. The molecule has 3 nitrogen and oxygen atoms in total. The zero-order chi connectivity index (χ0) is 17.7. The van der Waals surface area contributed by atoms with E-state index in [2.05, 4.69) is 22.8 Å². The third-order valence-corrected chi connectivity index (χ3v) is 5.83. The highest BCUT2D eigenvalue weighted by molar-refractivity contribution is 7.99. The molecule has 3 aromatic carbocycles. The van der Waals surface area contributed by atoms with Crippen molar-refractivity contribution < 1.29 is 9.53 Å². The van der Waals surface area contributed by atoms with Gasteiger partial charge in [-0.3, -0.25) is 0 Å². The number of nitrogens with zero attached hydrogens (tertiary/aromatic N) is 1. The summed E-state index contributed by atoms with van der Waals surface area (Å²) >= 11 is 1.74. The Hall–Kier alpha value is -2.98. The second-order valence-corrected chi connectivity index (χ2v) is 7.22. The zero-order valence-corrected chi connectivity index (χ0v) is 14.9. The van der Waals surface area contributed by atoms with Crippen LogP contribution in [0.1, 0.15) is 10.4 Å². The van der Waals surface area contributed by atoms with Gasteiger partial charge >= 0.3 is 5.97 Å². The van der Waals surface area contributed by atoms with E-state index in [0.29, 0.717) is 5.56 Å². The Kier molecular flexibility index (Phi) is 3.40. The summed E-state index contributed by atoms with van der Waals surface area (Å²) in [4.78, 5) is 15.1. The van der Waals surface area contributed by atoms with Crippen LogP contribution in [0.3, 0.4) is 0 Å². The van der Waals surface area contributed by atoms with Crippen molar-refractivity contribution >= 4 is 28.6 Å². The molecular formula is C22H15NO2S. The lowest BCUT2D eigenvalue weighted by Crippen LogP contribution is -2.06. The first-order valence-electron chi connectivity index (χ1n) is 8.38. The Bertz CT molecular complexity index is 1160. The number of carbonyl (C=O) groups is 1. The number of carbonyl (C=O) groups excluding carboxylic acids is 1. The van der Waals surface area contributed by atoms with Gasteiger partial charge in [-0.25, -0.2) is 4.79 Å². The van der Waals surface area contributed by atoms with E-state index >= 15 is 0 Å². The van der Waals surface area contributed by atoms with Crippen molar-refractivity contribution in [3.05, 3.63) is 78.4 Å². The number of hydrogen-bond acceptors (Lipinski definition) is 3. The maximum Gasteiger partial charge on any atom is 0.340 e. The van der Waals surface area contributed by atoms with Crippen LogP contribution in [0.5, 0.6) is 0 Å². The first-order chi connectivity index (χ1) is 12.8. The van der Waals surface area contributed by atoms with Gasteiger partial charge in [0, 0.05) is 15.2 Å². The Morgan fingerprint density at radius 1 is 0.885 bits per heavy atom. The molecule has 2 heterocycles. The third kappa shape index (κ3) is 2.06. The maximum absolute atomic E-state index is 12.8. The molecule has 0 saturated carbocycles. The minimum atomic E-state index is -0.311. The first kappa shape index (κ1) is 15.3. The van der Waals surface area contributed by atoms with E-state index in [0.717, 1.165) is 32.7 Å². The summed E-state index contributed by atoms with van der Waals surface area (Å²) in [6, 6.07) is 24.5. The van der Waals surface area contributed by atoms with Crippen LogP contribution in [-0.2, 0) is 4.74 Å². The van der Waals surface area contributed by atoms with Crippen molar-refractivity contribution in [3.63, 3.8) is 0 Å². The summed E-state index contributed by atoms with van der Waals surface area (Å²) in [6.07, 6.45) is 0. The van der Waals surface area contributed by atoms with Crippen LogP contribution in [0.25, 0.3) is 27.8 Å². The molecule has 0 N–H and O–H groups in total. The van der Waals surface area contributed by atoms with Crippen LogP contribution in [0.4, 0.5) is 0 Å². The van der Waals surface area contributed by atoms with Gasteiger partial charge in [0.15, 0.2) is 0 Å². The molecule has 0 atom stereocenters. The van der Waals surface area contributed by atoms with E-state index < -0.39 is 0 Å². The minimum Gasteiger partial charge on any atom is -0.465 e. The molecule has 0 amide bonds. The number of benzene rings is 3. The van der Waals surface area contributed by atoms with Gasteiger partial charge < -0.3 is 9.30 Å². The molecule has 0 aliphatic carbocycles. The number of ether oxygens (including phenoxy) is 1. The van der Waals surface area contributed by atoms with Crippen LogP contribution < -0.4 is 0 Å². The molecule has 1 aromatic heterocycles. The Balaban J connectivity index is 2.01. The van der Waals surface area contributed by atoms with E-state index in [4.69, 9.17) is 4.74 Å². The Morgan fingerprint density at radius 3 is 2.42 bits per heavy atom. The quantitative estimate of drug-likeness (QED) is 0.388. The van der Waals surface area contributed by atoms with Crippen LogP contribution >= 0.6 is 11.8 Å². The minimum absolute atomic E-state index is 0.311. The number of rotatable bonds is 2. The summed E-state index contributed by atoms with van der Waals surface area (Å²) in [5.74, 6) is -0.311. The summed E-state index contributed by atoms with van der Waals surface area (Å²) < 4.78 is 7.36. The molecule has 0 fully saturated rings. The number of aromatic nitrogens is 1. The predicted molar refractivity (Wildman–Crippen MR) is 104 cm³/mol. The molecule has 1 aliphatic heterocycles. The molecule has 0 spiro atoms. The first-order valence-corrected chi connectivity index (χ1v) is 9.19. The predicted octanol–water partition coefficient (Wildman–Crippen LogP) is 5.55. The fourth-order valence-corrected chi connectivity index (χ4v) is 4.75. The topological polar surface area (TPSA) is 31.2 Å². The molecule has 0 bridgehead atoms. The second kappa shape index (κ2) is 5.78. The lowest BCUT2D eigenvalue weighted by atomic mass is 10.1.